The molecule has 2 aromatic carbocycles. The first-order valence-electron chi connectivity index (χ1n) is 15.5. The van der Waals surface area contributed by atoms with Gasteiger partial charge in [-0.3, -0.25) is 0 Å². The van der Waals surface area contributed by atoms with Crippen molar-refractivity contribution in [2.45, 2.75) is 85.6 Å². The SMILES string of the molecule is CCCCC(CC)CN1C=C/C(=C\C=C\c2cc[n+](CC(CC)CCCC)c3ccccc23)c2ccccc21. The van der Waals surface area contributed by atoms with Gasteiger partial charge in [-0.05, 0) is 54.5 Å². The molecule has 1 aromatic heterocycles. The van der Waals surface area contributed by atoms with Gasteiger partial charge in [0.05, 0.1) is 5.39 Å². The van der Waals surface area contributed by atoms with Crippen LogP contribution in [0, 0.1) is 11.8 Å². The first-order chi connectivity index (χ1) is 19.2. The molecular weight excluding hydrogens is 472 g/mol. The molecule has 2 atom stereocenters. The molecule has 0 spiro atoms. The third-order valence-electron chi connectivity index (χ3n) is 8.46. The maximum absolute atomic E-state index is 2.47. The Balaban J connectivity index is 1.55. The van der Waals surface area contributed by atoms with Gasteiger partial charge in [-0.2, -0.15) is 4.57 Å². The van der Waals surface area contributed by atoms with Crippen LogP contribution in [0.1, 0.15) is 90.2 Å². The van der Waals surface area contributed by atoms with Crippen molar-refractivity contribution in [1.82, 2.24) is 0 Å². The molecule has 0 saturated carbocycles. The molecule has 0 fully saturated rings. The van der Waals surface area contributed by atoms with Gasteiger partial charge < -0.3 is 4.90 Å². The summed E-state index contributed by atoms with van der Waals surface area (Å²) < 4.78 is 2.47. The highest BCUT2D eigenvalue weighted by Crippen LogP contribution is 2.34. The molecule has 1 aliphatic heterocycles. The van der Waals surface area contributed by atoms with Crippen LogP contribution in [-0.4, -0.2) is 6.54 Å². The van der Waals surface area contributed by atoms with E-state index in [2.05, 4.69) is 128 Å². The van der Waals surface area contributed by atoms with Crippen molar-refractivity contribution >= 4 is 28.2 Å². The Kier molecular flexibility index (Phi) is 11.0. The first-order valence-corrected chi connectivity index (χ1v) is 15.5. The number of hydrogen-bond acceptors (Lipinski definition) is 1. The summed E-state index contributed by atoms with van der Waals surface area (Å²) in [5.41, 5.74) is 6.53. The number of hydrogen-bond donors (Lipinski definition) is 0. The molecule has 2 unspecified atom stereocenters. The third-order valence-corrected chi connectivity index (χ3v) is 8.46. The summed E-state index contributed by atoms with van der Waals surface area (Å²) >= 11 is 0. The lowest BCUT2D eigenvalue weighted by Gasteiger charge is -2.31. The highest BCUT2D eigenvalue weighted by Gasteiger charge is 2.19. The van der Waals surface area contributed by atoms with E-state index in [1.165, 1.54) is 84.7 Å². The van der Waals surface area contributed by atoms with Crippen molar-refractivity contribution in [3.8, 4) is 0 Å². The summed E-state index contributed by atoms with van der Waals surface area (Å²) in [5, 5.41) is 1.32. The van der Waals surface area contributed by atoms with E-state index in [9.17, 15) is 0 Å². The number of anilines is 1. The minimum atomic E-state index is 0.737. The molecule has 0 bridgehead atoms. The van der Waals surface area contributed by atoms with Crippen LogP contribution in [0.4, 0.5) is 5.69 Å². The maximum atomic E-state index is 2.47. The van der Waals surface area contributed by atoms with Crippen LogP contribution in [0.5, 0.6) is 0 Å². The number of fused-ring (bicyclic) bond motifs is 2. The van der Waals surface area contributed by atoms with Crippen LogP contribution in [0.15, 0.2) is 85.2 Å². The number of allylic oxidation sites excluding steroid dienone is 4. The van der Waals surface area contributed by atoms with Gasteiger partial charge in [-0.1, -0.05) is 108 Å². The molecule has 0 radical (unpaired) electrons. The lowest BCUT2D eigenvalue weighted by atomic mass is 9.95. The zero-order valence-electron chi connectivity index (χ0n) is 24.8. The second-order valence-electron chi connectivity index (χ2n) is 11.2. The number of para-hydroxylation sites is 2. The van der Waals surface area contributed by atoms with E-state index < -0.39 is 0 Å². The summed E-state index contributed by atoms with van der Waals surface area (Å²) in [6.45, 7) is 11.4. The molecule has 1 aliphatic rings. The number of nitrogens with zero attached hydrogens (tertiary/aromatic N) is 2. The van der Waals surface area contributed by atoms with Crippen molar-refractivity contribution in [2.24, 2.45) is 11.8 Å². The second-order valence-corrected chi connectivity index (χ2v) is 11.2. The van der Waals surface area contributed by atoms with Gasteiger partial charge in [-0.15, -0.1) is 0 Å². The minimum absolute atomic E-state index is 0.737. The summed E-state index contributed by atoms with van der Waals surface area (Å²) in [4.78, 5) is 2.47. The monoisotopic (exact) mass is 521 g/mol. The van der Waals surface area contributed by atoms with Gasteiger partial charge in [0.1, 0.15) is 0 Å². The van der Waals surface area contributed by atoms with Crippen molar-refractivity contribution in [3.63, 3.8) is 0 Å². The molecule has 0 amide bonds. The number of rotatable bonds is 14. The lowest BCUT2D eigenvalue weighted by molar-refractivity contribution is -0.678. The van der Waals surface area contributed by atoms with Crippen LogP contribution < -0.4 is 9.47 Å². The smallest absolute Gasteiger partial charge is 0.213 e. The second kappa shape index (κ2) is 14.9. The highest BCUT2D eigenvalue weighted by atomic mass is 15.1. The quantitative estimate of drug-likeness (QED) is 0.191. The summed E-state index contributed by atoms with van der Waals surface area (Å²) in [7, 11) is 0. The van der Waals surface area contributed by atoms with Gasteiger partial charge >= 0.3 is 0 Å². The predicted molar refractivity (Wildman–Crippen MR) is 171 cm³/mol. The average Bonchev–Trinajstić information content (AvgIpc) is 2.98. The Hall–Kier alpha value is -3.13. The standard InChI is InChI=1S/C37H49N2/c1-5-9-16-30(7-3)28-38-26-24-32(34-20-11-13-22-36(34)38)18-15-19-33-25-27-39(29-31(8-4)17-10-6-2)37-23-14-12-21-35(33)37/h11-15,18-27,30-31H,5-10,16-17,28-29H2,1-4H3/q+1. The van der Waals surface area contributed by atoms with Gasteiger partial charge in [0, 0.05) is 42.0 Å². The minimum Gasteiger partial charge on any atom is -0.347 e. The number of pyridine rings is 1. The third kappa shape index (κ3) is 7.50. The largest absolute Gasteiger partial charge is 0.347 e. The van der Waals surface area contributed by atoms with Gasteiger partial charge in [0.2, 0.25) is 5.52 Å². The van der Waals surface area contributed by atoms with E-state index in [4.69, 9.17) is 0 Å². The number of unbranched alkanes of at least 4 members (excludes halogenated alkanes) is 2. The zero-order valence-corrected chi connectivity index (χ0v) is 24.8. The Morgan fingerprint density at radius 3 is 2.31 bits per heavy atom. The van der Waals surface area contributed by atoms with E-state index in [1.807, 2.05) is 0 Å². The maximum Gasteiger partial charge on any atom is 0.213 e. The topological polar surface area (TPSA) is 7.12 Å². The molecule has 39 heavy (non-hydrogen) atoms. The van der Waals surface area contributed by atoms with E-state index in [0.717, 1.165) is 24.9 Å². The molecule has 0 aliphatic carbocycles. The van der Waals surface area contributed by atoms with Crippen molar-refractivity contribution in [2.75, 3.05) is 11.4 Å². The van der Waals surface area contributed by atoms with E-state index in [1.54, 1.807) is 0 Å². The van der Waals surface area contributed by atoms with Crippen LogP contribution in [0.25, 0.3) is 22.6 Å². The van der Waals surface area contributed by atoms with Crippen molar-refractivity contribution < 1.29 is 4.57 Å². The van der Waals surface area contributed by atoms with Crippen LogP contribution in [0.3, 0.4) is 0 Å². The number of aromatic nitrogens is 1. The molecule has 2 heterocycles. The van der Waals surface area contributed by atoms with Gasteiger partial charge in [0.25, 0.3) is 0 Å². The molecule has 3 aromatic rings. The predicted octanol–water partition coefficient (Wildman–Crippen LogP) is 9.99. The molecule has 2 nitrogen and oxygen atoms in total. The molecular formula is C37H49N2+. The van der Waals surface area contributed by atoms with Crippen LogP contribution >= 0.6 is 0 Å². The van der Waals surface area contributed by atoms with Crippen molar-refractivity contribution in [1.29, 1.82) is 0 Å². The van der Waals surface area contributed by atoms with E-state index >= 15 is 0 Å². The van der Waals surface area contributed by atoms with Crippen molar-refractivity contribution in [3.05, 3.63) is 96.3 Å². The molecule has 2 heteroatoms. The number of benzene rings is 2. The fourth-order valence-electron chi connectivity index (χ4n) is 5.87. The molecule has 206 valence electrons. The molecule has 4 rings (SSSR count). The summed E-state index contributed by atoms with van der Waals surface area (Å²) in [6.07, 6.45) is 23.9. The van der Waals surface area contributed by atoms with E-state index in [-0.39, 0.29) is 0 Å². The Morgan fingerprint density at radius 2 is 1.54 bits per heavy atom. The molecule has 0 saturated heterocycles. The Labute approximate surface area is 237 Å². The van der Waals surface area contributed by atoms with Gasteiger partial charge in [-0.25, -0.2) is 0 Å². The fraction of sp³-hybridized carbons (Fsp3) is 0.432. The van der Waals surface area contributed by atoms with E-state index in [0.29, 0.717) is 0 Å². The normalized spacial score (nSPS) is 15.8. The van der Waals surface area contributed by atoms with Crippen LogP contribution in [0.2, 0.25) is 0 Å². The Morgan fingerprint density at radius 1 is 0.821 bits per heavy atom. The average molecular weight is 522 g/mol. The molecule has 0 N–H and O–H groups in total. The Bertz CT molecular complexity index is 1280. The van der Waals surface area contributed by atoms with Crippen LogP contribution in [-0.2, 0) is 6.54 Å². The van der Waals surface area contributed by atoms with Gasteiger partial charge in [0.15, 0.2) is 12.7 Å². The zero-order chi connectivity index (χ0) is 27.5. The summed E-state index contributed by atoms with van der Waals surface area (Å²) in [6, 6.07) is 20.0. The highest BCUT2D eigenvalue weighted by molar-refractivity contribution is 5.89. The summed E-state index contributed by atoms with van der Waals surface area (Å²) in [5.74, 6) is 1.47. The fourth-order valence-corrected chi connectivity index (χ4v) is 5.87. The first kappa shape index (κ1) is 28.9. The lowest BCUT2D eigenvalue weighted by Crippen LogP contribution is -2.38.